The van der Waals surface area contributed by atoms with Crippen molar-refractivity contribution in [2.45, 2.75) is 30.4 Å². The molecule has 142 valence electrons. The van der Waals surface area contributed by atoms with E-state index in [-0.39, 0.29) is 24.0 Å². The Morgan fingerprint density at radius 2 is 2.04 bits per heavy atom. The van der Waals surface area contributed by atoms with Gasteiger partial charge >= 0.3 is 0 Å². The zero-order chi connectivity index (χ0) is 19.4. The van der Waals surface area contributed by atoms with Crippen molar-refractivity contribution in [1.29, 1.82) is 0 Å². The van der Waals surface area contributed by atoms with Gasteiger partial charge in [0.1, 0.15) is 5.82 Å². The molecule has 1 aliphatic heterocycles. The van der Waals surface area contributed by atoms with E-state index in [0.29, 0.717) is 17.5 Å². The minimum absolute atomic E-state index is 0.0532. The summed E-state index contributed by atoms with van der Waals surface area (Å²) in [4.78, 5) is 26.9. The fraction of sp³-hybridized carbons (Fsp3) is 0.300. The average Bonchev–Trinajstić information content (AvgIpc) is 2.80. The number of carbonyl (C=O) groups excluding carboxylic acids is 2. The summed E-state index contributed by atoms with van der Waals surface area (Å²) in [5, 5.41) is 5.91. The minimum atomic E-state index is -0.519. The van der Waals surface area contributed by atoms with E-state index in [1.807, 2.05) is 24.3 Å². The van der Waals surface area contributed by atoms with Crippen LogP contribution >= 0.6 is 11.8 Å². The van der Waals surface area contributed by atoms with E-state index in [1.54, 1.807) is 22.7 Å². The fourth-order valence-corrected chi connectivity index (χ4v) is 4.05. The first-order valence-electron chi connectivity index (χ1n) is 8.81. The Morgan fingerprint density at radius 1 is 1.26 bits per heavy atom. The Morgan fingerprint density at radius 3 is 2.81 bits per heavy atom. The third kappa shape index (κ3) is 4.80. The summed E-state index contributed by atoms with van der Waals surface area (Å²) in [5.74, 6) is -0.924. The second-order valence-electron chi connectivity index (χ2n) is 6.46. The van der Waals surface area contributed by atoms with Gasteiger partial charge in [0.2, 0.25) is 11.8 Å². The van der Waals surface area contributed by atoms with Gasteiger partial charge in [-0.2, -0.15) is 0 Å². The van der Waals surface area contributed by atoms with Crippen molar-refractivity contribution in [2.24, 2.45) is 0 Å². The van der Waals surface area contributed by atoms with Crippen LogP contribution in [0.25, 0.3) is 0 Å². The maximum absolute atomic E-state index is 13.7. The van der Waals surface area contributed by atoms with Crippen LogP contribution in [0.15, 0.2) is 47.4 Å². The van der Waals surface area contributed by atoms with E-state index in [4.69, 9.17) is 0 Å². The topological polar surface area (TPSA) is 61.4 Å². The molecule has 1 aliphatic rings. The molecule has 5 nitrogen and oxygen atoms in total. The van der Waals surface area contributed by atoms with Gasteiger partial charge in [-0.3, -0.25) is 9.59 Å². The number of para-hydroxylation sites is 1. The van der Waals surface area contributed by atoms with E-state index in [9.17, 15) is 14.0 Å². The Balaban J connectivity index is 1.72. The van der Waals surface area contributed by atoms with Crippen LogP contribution in [0.5, 0.6) is 0 Å². The van der Waals surface area contributed by atoms with Gasteiger partial charge in [-0.05, 0) is 36.8 Å². The number of halogens is 1. The molecule has 0 saturated carbocycles. The number of fused-ring (bicyclic) bond motifs is 1. The van der Waals surface area contributed by atoms with E-state index in [1.165, 1.54) is 19.1 Å². The molecule has 0 aromatic heterocycles. The SMILES string of the molecule is CC(=O)Nc1cc(NCC(=O)N2CCC(C)Sc3ccccc32)ccc1F. The summed E-state index contributed by atoms with van der Waals surface area (Å²) in [7, 11) is 0. The molecule has 0 spiro atoms. The molecule has 0 bridgehead atoms. The smallest absolute Gasteiger partial charge is 0.246 e. The van der Waals surface area contributed by atoms with Crippen LogP contribution in [0.4, 0.5) is 21.5 Å². The molecule has 3 rings (SSSR count). The Hall–Kier alpha value is -2.54. The molecule has 1 heterocycles. The highest BCUT2D eigenvalue weighted by Crippen LogP contribution is 2.37. The summed E-state index contributed by atoms with van der Waals surface area (Å²) >= 11 is 1.78. The number of rotatable bonds is 4. The highest BCUT2D eigenvalue weighted by molar-refractivity contribution is 8.00. The third-order valence-electron chi connectivity index (χ3n) is 4.27. The lowest BCUT2D eigenvalue weighted by atomic mass is 10.2. The number of hydrogen-bond acceptors (Lipinski definition) is 4. The quantitative estimate of drug-likeness (QED) is 0.829. The van der Waals surface area contributed by atoms with E-state index < -0.39 is 5.82 Å². The van der Waals surface area contributed by atoms with Crippen LogP contribution in [-0.2, 0) is 9.59 Å². The first-order valence-corrected chi connectivity index (χ1v) is 9.69. The van der Waals surface area contributed by atoms with E-state index in [2.05, 4.69) is 17.6 Å². The highest BCUT2D eigenvalue weighted by atomic mass is 32.2. The predicted molar refractivity (Wildman–Crippen MR) is 108 cm³/mol. The summed E-state index contributed by atoms with van der Waals surface area (Å²) in [5.41, 5.74) is 1.58. The largest absolute Gasteiger partial charge is 0.376 e. The molecule has 1 unspecified atom stereocenters. The predicted octanol–water partition coefficient (Wildman–Crippen LogP) is 4.11. The maximum atomic E-state index is 13.7. The van der Waals surface area contributed by atoms with Gasteiger partial charge < -0.3 is 15.5 Å². The number of nitrogens with one attached hydrogen (secondary N) is 2. The third-order valence-corrected chi connectivity index (χ3v) is 5.50. The van der Waals surface area contributed by atoms with Crippen LogP contribution in [0.2, 0.25) is 0 Å². The molecule has 0 fully saturated rings. The average molecular weight is 387 g/mol. The summed E-state index contributed by atoms with van der Waals surface area (Å²) < 4.78 is 13.7. The Labute approximate surface area is 162 Å². The lowest BCUT2D eigenvalue weighted by Gasteiger charge is -2.23. The van der Waals surface area contributed by atoms with Crippen molar-refractivity contribution in [2.75, 3.05) is 28.6 Å². The molecule has 2 N–H and O–H groups in total. The molecule has 0 saturated heterocycles. The van der Waals surface area contributed by atoms with Gasteiger partial charge in [0.05, 0.1) is 17.9 Å². The van der Waals surface area contributed by atoms with E-state index >= 15 is 0 Å². The van der Waals surface area contributed by atoms with Crippen molar-refractivity contribution in [3.63, 3.8) is 0 Å². The first-order chi connectivity index (χ1) is 12.9. The van der Waals surface area contributed by atoms with Crippen LogP contribution in [0.1, 0.15) is 20.3 Å². The van der Waals surface area contributed by atoms with Gasteiger partial charge in [-0.15, -0.1) is 11.8 Å². The molecular weight excluding hydrogens is 365 g/mol. The Bertz CT molecular complexity index is 859. The van der Waals surface area contributed by atoms with Crippen molar-refractivity contribution in [1.82, 2.24) is 0 Å². The zero-order valence-corrected chi connectivity index (χ0v) is 16.1. The lowest BCUT2D eigenvalue weighted by Crippen LogP contribution is -2.36. The number of nitrogens with zero attached hydrogens (tertiary/aromatic N) is 1. The second kappa shape index (κ2) is 8.43. The monoisotopic (exact) mass is 387 g/mol. The number of benzene rings is 2. The number of thioether (sulfide) groups is 1. The van der Waals surface area contributed by atoms with Gasteiger partial charge in [0, 0.05) is 29.3 Å². The van der Waals surface area contributed by atoms with Gasteiger partial charge in [-0.1, -0.05) is 19.1 Å². The van der Waals surface area contributed by atoms with Crippen molar-refractivity contribution in [3.8, 4) is 0 Å². The molecule has 27 heavy (non-hydrogen) atoms. The molecule has 0 aliphatic carbocycles. The standard InChI is InChI=1S/C20H22FN3O2S/c1-13-9-10-24(18-5-3-4-6-19(18)27-13)20(26)12-22-15-7-8-16(21)17(11-15)23-14(2)25/h3-8,11,13,22H,9-10,12H2,1-2H3,(H,23,25). The van der Waals surface area contributed by atoms with Crippen molar-refractivity contribution in [3.05, 3.63) is 48.3 Å². The van der Waals surface area contributed by atoms with E-state index in [0.717, 1.165) is 17.0 Å². The van der Waals surface area contributed by atoms with Crippen LogP contribution in [-0.4, -0.2) is 30.2 Å². The maximum Gasteiger partial charge on any atom is 0.246 e. The van der Waals surface area contributed by atoms with Crippen LogP contribution in [0, 0.1) is 5.82 Å². The number of amides is 2. The second-order valence-corrected chi connectivity index (χ2v) is 7.94. The molecule has 2 aromatic rings. The molecular formula is C20H22FN3O2S. The number of carbonyl (C=O) groups is 2. The van der Waals surface area contributed by atoms with Crippen molar-refractivity contribution >= 4 is 40.6 Å². The number of anilines is 3. The minimum Gasteiger partial charge on any atom is -0.376 e. The van der Waals surface area contributed by atoms with Crippen LogP contribution in [0.3, 0.4) is 0 Å². The highest BCUT2D eigenvalue weighted by Gasteiger charge is 2.23. The van der Waals surface area contributed by atoms with Crippen molar-refractivity contribution < 1.29 is 14.0 Å². The molecule has 2 amide bonds. The zero-order valence-electron chi connectivity index (χ0n) is 15.3. The summed E-state index contributed by atoms with van der Waals surface area (Å²) in [6.45, 7) is 4.22. The van der Waals surface area contributed by atoms with Gasteiger partial charge in [-0.25, -0.2) is 4.39 Å². The normalized spacial score (nSPS) is 16.3. The van der Waals surface area contributed by atoms with Crippen LogP contribution < -0.4 is 15.5 Å². The summed E-state index contributed by atoms with van der Waals surface area (Å²) in [6, 6.07) is 12.2. The summed E-state index contributed by atoms with van der Waals surface area (Å²) in [6.07, 6.45) is 0.911. The van der Waals surface area contributed by atoms with Gasteiger partial charge in [0.15, 0.2) is 0 Å². The molecule has 7 heteroatoms. The lowest BCUT2D eigenvalue weighted by molar-refractivity contribution is -0.117. The number of hydrogen-bond donors (Lipinski definition) is 2. The molecule has 0 radical (unpaired) electrons. The first kappa shape index (κ1) is 19.2. The molecule has 2 aromatic carbocycles. The fourth-order valence-electron chi connectivity index (χ4n) is 2.94. The van der Waals surface area contributed by atoms with Gasteiger partial charge in [0.25, 0.3) is 0 Å². The Kier molecular flexibility index (Phi) is 6.01. The molecule has 1 atom stereocenters.